The number of phenolic OH excluding ortho intramolecular Hbond substituents is 1. The van der Waals surface area contributed by atoms with Crippen LogP contribution in [0.25, 0.3) is 5.57 Å². The van der Waals surface area contributed by atoms with E-state index in [-0.39, 0.29) is 17.5 Å². The number of allylic oxidation sites excluding steroid dienone is 5. The molecule has 0 aliphatic carbocycles. The molecule has 0 saturated carbocycles. The molecule has 3 N–H and O–H groups in total. The number of nitrogens with zero attached hydrogens (tertiary/aromatic N) is 5. The summed E-state index contributed by atoms with van der Waals surface area (Å²) in [6.45, 7) is 7.81. The Kier molecular flexibility index (Phi) is 8.56. The second-order valence-corrected chi connectivity index (χ2v) is 8.04. The number of morpholine rings is 1. The summed E-state index contributed by atoms with van der Waals surface area (Å²) in [6.07, 6.45) is 11.7. The van der Waals surface area contributed by atoms with Crippen LogP contribution in [0.4, 0.5) is 27.5 Å². The second-order valence-electron chi connectivity index (χ2n) is 8.04. The van der Waals surface area contributed by atoms with Crippen molar-refractivity contribution in [1.29, 1.82) is 0 Å². The highest BCUT2D eigenvalue weighted by molar-refractivity contribution is 5.79. The Bertz CT molecular complexity index is 1320. The van der Waals surface area contributed by atoms with Gasteiger partial charge in [-0.2, -0.15) is 10.1 Å². The number of phenols is 1. The fraction of sp³-hybridized carbons (Fsp3) is 0.185. The van der Waals surface area contributed by atoms with Crippen LogP contribution in [0.15, 0.2) is 78.7 Å². The van der Waals surface area contributed by atoms with Gasteiger partial charge in [0.15, 0.2) is 11.6 Å². The maximum absolute atomic E-state index is 14.2. The number of aromatic hydroxyl groups is 1. The van der Waals surface area contributed by atoms with Crippen molar-refractivity contribution in [3.63, 3.8) is 0 Å². The molecule has 0 atom stereocenters. The lowest BCUT2D eigenvalue weighted by molar-refractivity contribution is 0.122. The summed E-state index contributed by atoms with van der Waals surface area (Å²) in [7, 11) is 0. The normalized spacial score (nSPS) is 14.3. The first-order chi connectivity index (χ1) is 18.1. The van der Waals surface area contributed by atoms with Crippen LogP contribution in [0.2, 0.25) is 0 Å². The third-order valence-electron chi connectivity index (χ3n) is 5.45. The molecule has 1 saturated heterocycles. The van der Waals surface area contributed by atoms with Gasteiger partial charge in [0, 0.05) is 24.8 Å². The number of anilines is 4. The van der Waals surface area contributed by atoms with Crippen LogP contribution in [0.3, 0.4) is 0 Å². The predicted octanol–water partition coefficient (Wildman–Crippen LogP) is 4.89. The Morgan fingerprint density at radius 1 is 1.16 bits per heavy atom. The number of hydrogen-bond donors (Lipinski definition) is 3. The summed E-state index contributed by atoms with van der Waals surface area (Å²) in [5.41, 5.74) is 6.59. The Balaban J connectivity index is 1.40. The first-order valence-electron chi connectivity index (χ1n) is 11.7. The van der Waals surface area contributed by atoms with E-state index >= 15 is 0 Å². The van der Waals surface area contributed by atoms with E-state index in [1.807, 2.05) is 42.2 Å². The van der Waals surface area contributed by atoms with E-state index in [1.54, 1.807) is 30.5 Å². The quantitative estimate of drug-likeness (QED) is 0.216. The van der Waals surface area contributed by atoms with Gasteiger partial charge >= 0.3 is 0 Å². The summed E-state index contributed by atoms with van der Waals surface area (Å²) >= 11 is 0. The molecule has 2 aromatic heterocycles. The van der Waals surface area contributed by atoms with E-state index < -0.39 is 5.82 Å². The number of ether oxygens (including phenoxy) is 1. The molecule has 1 aromatic carbocycles. The number of halogens is 1. The van der Waals surface area contributed by atoms with E-state index in [0.717, 1.165) is 28.7 Å². The third-order valence-corrected chi connectivity index (χ3v) is 5.45. The molecular formula is C27H28FN7O2. The molecule has 0 amide bonds. The van der Waals surface area contributed by atoms with Gasteiger partial charge in [0.05, 0.1) is 43.2 Å². The van der Waals surface area contributed by atoms with Crippen molar-refractivity contribution < 1.29 is 14.2 Å². The lowest BCUT2D eigenvalue weighted by atomic mass is 10.0. The molecule has 4 rings (SSSR count). The molecule has 10 heteroatoms. The minimum absolute atomic E-state index is 0.147. The van der Waals surface area contributed by atoms with Gasteiger partial charge in [-0.15, -0.1) is 0 Å². The number of hydrogen-bond acceptors (Lipinski definition) is 9. The van der Waals surface area contributed by atoms with Crippen molar-refractivity contribution in [2.24, 2.45) is 5.10 Å². The summed E-state index contributed by atoms with van der Waals surface area (Å²) in [4.78, 5) is 14.4. The fourth-order valence-corrected chi connectivity index (χ4v) is 3.67. The molecule has 0 unspecified atom stereocenters. The van der Waals surface area contributed by atoms with Gasteiger partial charge in [0.1, 0.15) is 5.75 Å². The van der Waals surface area contributed by atoms with Crippen LogP contribution in [0.1, 0.15) is 18.2 Å². The number of rotatable bonds is 9. The van der Waals surface area contributed by atoms with Gasteiger partial charge in [-0.1, -0.05) is 30.9 Å². The van der Waals surface area contributed by atoms with Gasteiger partial charge in [-0.05, 0) is 42.3 Å². The molecule has 37 heavy (non-hydrogen) atoms. The van der Waals surface area contributed by atoms with E-state index in [1.165, 1.54) is 6.21 Å². The number of hydrazone groups is 1. The lowest BCUT2D eigenvalue weighted by Gasteiger charge is -2.27. The molecule has 0 spiro atoms. The second kappa shape index (κ2) is 12.4. The van der Waals surface area contributed by atoms with Crippen molar-refractivity contribution in [2.45, 2.75) is 6.92 Å². The maximum atomic E-state index is 14.2. The minimum Gasteiger partial charge on any atom is -0.508 e. The van der Waals surface area contributed by atoms with Crippen LogP contribution < -0.4 is 15.6 Å². The monoisotopic (exact) mass is 501 g/mol. The predicted molar refractivity (Wildman–Crippen MR) is 145 cm³/mol. The Hall–Kier alpha value is -4.57. The van der Waals surface area contributed by atoms with E-state index in [9.17, 15) is 9.50 Å². The SMILES string of the molecule is C=C/C=C\C(=C/C)c1cc(O)cc(Nc2ccc(/C=N/Nc3ncc(F)c(N4CCOCC4)n3)nc2)c1. The topological polar surface area (TPSA) is 108 Å². The molecule has 0 bridgehead atoms. The van der Waals surface area contributed by atoms with Crippen LogP contribution in [-0.4, -0.2) is 52.6 Å². The molecule has 1 aliphatic rings. The molecular weight excluding hydrogens is 473 g/mol. The largest absolute Gasteiger partial charge is 0.508 e. The molecule has 1 aliphatic heterocycles. The number of pyridine rings is 1. The highest BCUT2D eigenvalue weighted by atomic mass is 19.1. The fourth-order valence-electron chi connectivity index (χ4n) is 3.67. The zero-order chi connectivity index (χ0) is 26.0. The van der Waals surface area contributed by atoms with Crippen molar-refractivity contribution in [1.82, 2.24) is 15.0 Å². The summed E-state index contributed by atoms with van der Waals surface area (Å²) in [5, 5.41) is 17.6. The maximum Gasteiger partial charge on any atom is 0.245 e. The molecule has 3 heterocycles. The van der Waals surface area contributed by atoms with E-state index in [2.05, 4.69) is 37.4 Å². The first-order valence-corrected chi connectivity index (χ1v) is 11.7. The third kappa shape index (κ3) is 6.98. The number of nitrogens with one attached hydrogen (secondary N) is 2. The summed E-state index contributed by atoms with van der Waals surface area (Å²) in [6, 6.07) is 8.91. The highest BCUT2D eigenvalue weighted by Gasteiger charge is 2.17. The van der Waals surface area contributed by atoms with Crippen molar-refractivity contribution in [2.75, 3.05) is 41.9 Å². The van der Waals surface area contributed by atoms with Crippen molar-refractivity contribution in [3.8, 4) is 5.75 Å². The number of benzene rings is 1. The Morgan fingerprint density at radius 2 is 2.00 bits per heavy atom. The van der Waals surface area contributed by atoms with Crippen molar-refractivity contribution >= 4 is 34.9 Å². The highest BCUT2D eigenvalue weighted by Crippen LogP contribution is 2.28. The van der Waals surface area contributed by atoms with Crippen molar-refractivity contribution in [3.05, 3.63) is 90.7 Å². The van der Waals surface area contributed by atoms with Crippen LogP contribution in [-0.2, 0) is 4.74 Å². The number of aromatic nitrogens is 3. The van der Waals surface area contributed by atoms with Gasteiger partial charge in [-0.25, -0.2) is 14.8 Å². The Morgan fingerprint density at radius 3 is 2.73 bits per heavy atom. The summed E-state index contributed by atoms with van der Waals surface area (Å²) in [5.74, 6) is 0.0580. The molecule has 1 fully saturated rings. The van der Waals surface area contributed by atoms with Gasteiger partial charge < -0.3 is 20.1 Å². The van der Waals surface area contributed by atoms with Gasteiger partial charge in [0.2, 0.25) is 5.95 Å². The lowest BCUT2D eigenvalue weighted by Crippen LogP contribution is -2.37. The zero-order valence-electron chi connectivity index (χ0n) is 20.4. The van der Waals surface area contributed by atoms with Crippen LogP contribution >= 0.6 is 0 Å². The average molecular weight is 502 g/mol. The molecule has 3 aromatic rings. The van der Waals surface area contributed by atoms with Gasteiger partial charge in [-0.3, -0.25) is 4.98 Å². The smallest absolute Gasteiger partial charge is 0.245 e. The first kappa shape index (κ1) is 25.5. The molecule has 0 radical (unpaired) electrons. The average Bonchev–Trinajstić information content (AvgIpc) is 2.91. The van der Waals surface area contributed by atoms with Crippen LogP contribution in [0.5, 0.6) is 5.75 Å². The minimum atomic E-state index is -0.491. The van der Waals surface area contributed by atoms with Gasteiger partial charge in [0.25, 0.3) is 0 Å². The Labute approximate surface area is 214 Å². The molecule has 9 nitrogen and oxygen atoms in total. The van der Waals surface area contributed by atoms with E-state index in [4.69, 9.17) is 4.74 Å². The van der Waals surface area contributed by atoms with Crippen LogP contribution in [0, 0.1) is 5.82 Å². The standard InChI is InChI=1S/C27H28FN7O2/c1-3-5-6-19(4-2)20-13-23(15-24(36)14-20)32-22-8-7-21(29-16-22)17-31-34-27-30-18-25(28)26(33-27)35-9-11-37-12-10-35/h3-8,13-18,32,36H,1,9-12H2,2H3,(H,30,33,34)/b6-5-,19-4+,31-17+. The zero-order valence-corrected chi connectivity index (χ0v) is 20.4. The molecule has 190 valence electrons. The summed E-state index contributed by atoms with van der Waals surface area (Å²) < 4.78 is 19.5. The van der Waals surface area contributed by atoms with E-state index in [0.29, 0.717) is 32.0 Å².